The summed E-state index contributed by atoms with van der Waals surface area (Å²) >= 11 is 0. The Morgan fingerprint density at radius 3 is 2.43 bits per heavy atom. The molecule has 6 nitrogen and oxygen atoms in total. The number of anilines is 2. The molecule has 0 amide bonds. The van der Waals surface area contributed by atoms with Crippen molar-refractivity contribution in [2.45, 2.75) is 4.90 Å². The molecule has 0 atom stereocenters. The van der Waals surface area contributed by atoms with Crippen LogP contribution in [-0.2, 0) is 9.84 Å². The lowest BCUT2D eigenvalue weighted by Gasteiger charge is -2.09. The Labute approximate surface area is 120 Å². The first-order chi connectivity index (χ1) is 9.77. The van der Waals surface area contributed by atoms with E-state index in [1.54, 1.807) is 0 Å². The SMILES string of the molecule is CS(=O)(=O)c1ccc(Nc2ncc(F)cc2C(=O)O)cc1. The number of aromatic carboxylic acids is 1. The Hall–Kier alpha value is -2.48. The number of carbonyl (C=O) groups is 1. The molecule has 1 aromatic heterocycles. The van der Waals surface area contributed by atoms with E-state index in [0.29, 0.717) is 5.69 Å². The van der Waals surface area contributed by atoms with Crippen LogP contribution < -0.4 is 5.32 Å². The van der Waals surface area contributed by atoms with E-state index in [1.165, 1.54) is 24.3 Å². The molecule has 0 bridgehead atoms. The number of aromatic nitrogens is 1. The number of rotatable bonds is 4. The largest absolute Gasteiger partial charge is 0.478 e. The normalized spacial score (nSPS) is 11.1. The standard InChI is InChI=1S/C13H11FN2O4S/c1-21(19,20)10-4-2-9(3-5-10)16-12-11(13(17)18)6-8(14)7-15-12/h2-7H,1H3,(H,15,16)(H,17,18). The zero-order valence-corrected chi connectivity index (χ0v) is 11.7. The smallest absolute Gasteiger partial charge is 0.339 e. The maximum Gasteiger partial charge on any atom is 0.339 e. The van der Waals surface area contributed by atoms with Crippen molar-refractivity contribution in [2.24, 2.45) is 0 Å². The fraction of sp³-hybridized carbons (Fsp3) is 0.0769. The van der Waals surface area contributed by atoms with Crippen molar-refractivity contribution in [3.8, 4) is 0 Å². The van der Waals surface area contributed by atoms with Crippen LogP contribution >= 0.6 is 0 Å². The van der Waals surface area contributed by atoms with Gasteiger partial charge in [-0.05, 0) is 30.3 Å². The van der Waals surface area contributed by atoms with Crippen molar-refractivity contribution in [2.75, 3.05) is 11.6 Å². The third-order valence-electron chi connectivity index (χ3n) is 2.63. The molecular formula is C13H11FN2O4S. The number of nitrogens with one attached hydrogen (secondary N) is 1. The van der Waals surface area contributed by atoms with Crippen LogP contribution in [0.25, 0.3) is 0 Å². The lowest BCUT2D eigenvalue weighted by Crippen LogP contribution is -2.06. The summed E-state index contributed by atoms with van der Waals surface area (Å²) in [5.74, 6) is -2.11. The molecule has 0 saturated heterocycles. The van der Waals surface area contributed by atoms with E-state index in [0.717, 1.165) is 18.5 Å². The minimum absolute atomic E-state index is 0.0315. The average Bonchev–Trinajstić information content (AvgIpc) is 2.40. The number of hydrogen-bond acceptors (Lipinski definition) is 5. The van der Waals surface area contributed by atoms with E-state index in [1.807, 2.05) is 0 Å². The van der Waals surface area contributed by atoms with Crippen LogP contribution in [0.2, 0.25) is 0 Å². The van der Waals surface area contributed by atoms with Crippen LogP contribution in [0.5, 0.6) is 0 Å². The summed E-state index contributed by atoms with van der Waals surface area (Å²) in [6.45, 7) is 0. The third-order valence-corrected chi connectivity index (χ3v) is 3.76. The monoisotopic (exact) mass is 310 g/mol. The molecule has 2 N–H and O–H groups in total. The Bertz CT molecular complexity index is 788. The minimum atomic E-state index is -3.31. The van der Waals surface area contributed by atoms with Gasteiger partial charge in [-0.3, -0.25) is 0 Å². The fourth-order valence-corrected chi connectivity index (χ4v) is 2.25. The maximum atomic E-state index is 13.0. The summed E-state index contributed by atoms with van der Waals surface area (Å²) in [4.78, 5) is 14.8. The van der Waals surface area contributed by atoms with Crippen molar-refractivity contribution >= 4 is 27.3 Å². The van der Waals surface area contributed by atoms with E-state index in [9.17, 15) is 17.6 Å². The Kier molecular flexibility index (Phi) is 3.90. The molecule has 0 aliphatic rings. The van der Waals surface area contributed by atoms with E-state index in [-0.39, 0.29) is 16.3 Å². The molecule has 0 spiro atoms. The van der Waals surface area contributed by atoms with Gasteiger partial charge in [0.15, 0.2) is 9.84 Å². The van der Waals surface area contributed by atoms with Gasteiger partial charge < -0.3 is 10.4 Å². The molecule has 2 rings (SSSR count). The second kappa shape index (κ2) is 5.49. The Balaban J connectivity index is 2.33. The van der Waals surface area contributed by atoms with Crippen molar-refractivity contribution in [3.05, 3.63) is 47.9 Å². The second-order valence-corrected chi connectivity index (χ2v) is 6.29. The second-order valence-electron chi connectivity index (χ2n) is 4.28. The zero-order valence-electron chi connectivity index (χ0n) is 10.9. The minimum Gasteiger partial charge on any atom is -0.478 e. The number of hydrogen-bond donors (Lipinski definition) is 2. The van der Waals surface area contributed by atoms with Crippen LogP contribution in [-0.4, -0.2) is 30.7 Å². The fourth-order valence-electron chi connectivity index (χ4n) is 1.62. The van der Waals surface area contributed by atoms with Gasteiger partial charge in [-0.15, -0.1) is 0 Å². The summed E-state index contributed by atoms with van der Waals surface area (Å²) in [5, 5.41) is 11.7. The molecule has 0 aliphatic carbocycles. The van der Waals surface area contributed by atoms with Crippen LogP contribution in [0, 0.1) is 5.82 Å². The van der Waals surface area contributed by atoms with Gasteiger partial charge in [-0.1, -0.05) is 0 Å². The van der Waals surface area contributed by atoms with E-state index < -0.39 is 21.6 Å². The van der Waals surface area contributed by atoms with Gasteiger partial charge in [-0.25, -0.2) is 22.6 Å². The van der Waals surface area contributed by atoms with Crippen molar-refractivity contribution < 1.29 is 22.7 Å². The lowest BCUT2D eigenvalue weighted by atomic mass is 10.2. The number of carboxylic acid groups (broad SMARTS) is 1. The van der Waals surface area contributed by atoms with Gasteiger partial charge >= 0.3 is 5.97 Å². The molecule has 0 saturated carbocycles. The van der Waals surface area contributed by atoms with Crippen molar-refractivity contribution in [1.82, 2.24) is 4.98 Å². The summed E-state index contributed by atoms with van der Waals surface area (Å²) < 4.78 is 35.7. The number of halogens is 1. The highest BCUT2D eigenvalue weighted by atomic mass is 32.2. The van der Waals surface area contributed by atoms with Crippen molar-refractivity contribution in [3.63, 3.8) is 0 Å². The number of carboxylic acids is 1. The average molecular weight is 310 g/mol. The molecular weight excluding hydrogens is 299 g/mol. The first kappa shape index (κ1) is 14.9. The summed E-state index contributed by atoms with van der Waals surface area (Å²) in [6.07, 6.45) is 1.97. The topological polar surface area (TPSA) is 96.4 Å². The summed E-state index contributed by atoms with van der Waals surface area (Å²) in [5.41, 5.74) is 0.117. The molecule has 0 aliphatic heterocycles. The van der Waals surface area contributed by atoms with Gasteiger partial charge in [0.25, 0.3) is 0 Å². The molecule has 2 aromatic rings. The molecule has 0 unspecified atom stereocenters. The zero-order chi connectivity index (χ0) is 15.6. The van der Waals surface area contributed by atoms with E-state index in [2.05, 4.69) is 10.3 Å². The maximum absolute atomic E-state index is 13.0. The highest BCUT2D eigenvalue weighted by Gasteiger charge is 2.13. The van der Waals surface area contributed by atoms with Gasteiger partial charge in [0.05, 0.1) is 11.1 Å². The van der Waals surface area contributed by atoms with Crippen LogP contribution in [0.3, 0.4) is 0 Å². The number of nitrogens with zero attached hydrogens (tertiary/aromatic N) is 1. The first-order valence-corrected chi connectivity index (χ1v) is 7.62. The van der Waals surface area contributed by atoms with Gasteiger partial charge in [0.1, 0.15) is 17.2 Å². The molecule has 110 valence electrons. The van der Waals surface area contributed by atoms with E-state index >= 15 is 0 Å². The highest BCUT2D eigenvalue weighted by Crippen LogP contribution is 2.21. The predicted octanol–water partition coefficient (Wildman–Crippen LogP) is 2.07. The van der Waals surface area contributed by atoms with Gasteiger partial charge in [0, 0.05) is 11.9 Å². The Morgan fingerprint density at radius 1 is 1.29 bits per heavy atom. The molecule has 8 heteroatoms. The van der Waals surface area contributed by atoms with Gasteiger partial charge in [0.2, 0.25) is 0 Å². The highest BCUT2D eigenvalue weighted by molar-refractivity contribution is 7.90. The lowest BCUT2D eigenvalue weighted by molar-refractivity contribution is 0.0697. The van der Waals surface area contributed by atoms with E-state index in [4.69, 9.17) is 5.11 Å². The molecule has 1 heterocycles. The van der Waals surface area contributed by atoms with Crippen molar-refractivity contribution in [1.29, 1.82) is 0 Å². The van der Waals surface area contributed by atoms with Crippen LogP contribution in [0.1, 0.15) is 10.4 Å². The molecule has 1 aromatic carbocycles. The van der Waals surface area contributed by atoms with Crippen LogP contribution in [0.4, 0.5) is 15.9 Å². The summed E-state index contributed by atoms with van der Waals surface area (Å²) in [7, 11) is -3.31. The third kappa shape index (κ3) is 3.54. The number of pyridine rings is 1. The Morgan fingerprint density at radius 2 is 1.90 bits per heavy atom. The first-order valence-electron chi connectivity index (χ1n) is 5.73. The number of benzene rings is 1. The number of sulfone groups is 1. The molecule has 0 fully saturated rings. The van der Waals surface area contributed by atoms with Crippen LogP contribution in [0.15, 0.2) is 41.4 Å². The quantitative estimate of drug-likeness (QED) is 0.897. The molecule has 0 radical (unpaired) electrons. The predicted molar refractivity (Wildman–Crippen MR) is 74.0 cm³/mol. The molecule has 21 heavy (non-hydrogen) atoms. The summed E-state index contributed by atoms with van der Waals surface area (Å²) in [6, 6.07) is 6.53. The van der Waals surface area contributed by atoms with Gasteiger partial charge in [-0.2, -0.15) is 0 Å².